The number of likely N-dealkylation sites (tertiary alicyclic amines) is 1. The van der Waals surface area contributed by atoms with Gasteiger partial charge >= 0.3 is 12.2 Å². The lowest BCUT2D eigenvalue weighted by molar-refractivity contribution is -0.137. The number of anilines is 2. The van der Waals surface area contributed by atoms with Crippen molar-refractivity contribution in [1.82, 2.24) is 40.5 Å². The number of piperazine rings is 1. The standard InChI is InChI=1S/C40H39F4N9O3S.C20H21FN2O3/c1-20(2)21(3)53-18-31(50-51-53)23-7-5-22(6-8-23)19-56-35-33(26-9-10-30(41)36-32(26)28(15-45)37(46)57-36)29(40(42,43)44)14-27-34(35)48-39(55-12-11-54-4)49-38(27)52-17-24-13-25(52)16-47-24;21-17-5-2-1-4-16(17)14-7-9-15(10-8-14)18(12-24)22-20(26)19-6-3-11-23(19)13-25/h5-10,14,18,20-21,24-25,47H,11-13,16-17,19,46H2,1-4H3;1-2,4-5,7-10,13,18-19,24H,3,6,11-12H2,(H,22,26). The van der Waals surface area contributed by atoms with E-state index in [-0.39, 0.29) is 111 Å². The summed E-state index contributed by atoms with van der Waals surface area (Å²) in [4.78, 5) is 36.3. The Kier molecular flexibility index (Phi) is 17.2. The summed E-state index contributed by atoms with van der Waals surface area (Å²) in [6.45, 7) is 7.84. The van der Waals surface area contributed by atoms with Gasteiger partial charge in [0.15, 0.2) is 5.75 Å². The van der Waals surface area contributed by atoms with Crippen molar-refractivity contribution >= 4 is 55.5 Å². The quantitative estimate of drug-likeness (QED) is 0.0357. The van der Waals surface area contributed by atoms with E-state index < -0.39 is 35.2 Å². The molecule has 3 saturated heterocycles. The van der Waals surface area contributed by atoms with Gasteiger partial charge in [0.25, 0.3) is 0 Å². The number of benzene rings is 5. The molecule has 5 N–H and O–H groups in total. The van der Waals surface area contributed by atoms with Crippen LogP contribution in [0.4, 0.5) is 32.8 Å². The second-order valence-electron chi connectivity index (χ2n) is 21.0. The predicted octanol–water partition coefficient (Wildman–Crippen LogP) is 10.0. The Morgan fingerprint density at radius 1 is 0.988 bits per heavy atom. The van der Waals surface area contributed by atoms with Crippen molar-refractivity contribution in [3.63, 3.8) is 0 Å². The third-order valence-electron chi connectivity index (χ3n) is 15.5. The lowest BCUT2D eigenvalue weighted by atomic mass is 9.92. The van der Waals surface area contributed by atoms with Crippen molar-refractivity contribution in [2.45, 2.75) is 83.0 Å². The molecule has 432 valence electrons. The second-order valence-corrected chi connectivity index (χ2v) is 22.0. The molecule has 3 aliphatic rings. The number of carbonyl (C=O) groups excluding carboxylic acids is 2. The van der Waals surface area contributed by atoms with Gasteiger partial charge in [-0.25, -0.2) is 13.5 Å². The number of aliphatic hydroxyl groups is 1. The molecule has 3 aliphatic heterocycles. The Hall–Kier alpha value is -8.30. The highest BCUT2D eigenvalue weighted by molar-refractivity contribution is 7.23. The monoisotopic (exact) mass is 1160 g/mol. The number of rotatable bonds is 18. The van der Waals surface area contributed by atoms with E-state index in [4.69, 9.17) is 19.9 Å². The maximum absolute atomic E-state index is 15.6. The van der Waals surface area contributed by atoms with E-state index in [1.54, 1.807) is 54.6 Å². The van der Waals surface area contributed by atoms with E-state index in [2.05, 4.69) is 51.7 Å². The van der Waals surface area contributed by atoms with Crippen LogP contribution < -0.4 is 30.7 Å². The molecule has 23 heteroatoms. The molecular weight excluding hydrogens is 1100 g/mol. The number of carbonyl (C=O) groups is 2. The molecule has 3 aromatic heterocycles. The molecule has 0 saturated carbocycles. The Morgan fingerprint density at radius 2 is 1.75 bits per heavy atom. The molecule has 17 nitrogen and oxygen atoms in total. The number of thiophene rings is 1. The smallest absolute Gasteiger partial charge is 0.417 e. The third kappa shape index (κ3) is 12.0. The van der Waals surface area contributed by atoms with Crippen LogP contribution in [-0.4, -0.2) is 112 Å². The van der Waals surface area contributed by atoms with Gasteiger partial charge in [-0.2, -0.15) is 28.4 Å². The molecule has 2 bridgehead atoms. The van der Waals surface area contributed by atoms with Crippen molar-refractivity contribution in [3.8, 4) is 51.3 Å². The number of halogens is 5. The molecule has 5 unspecified atom stereocenters. The highest BCUT2D eigenvalue weighted by Crippen LogP contribution is 2.52. The van der Waals surface area contributed by atoms with Gasteiger partial charge in [-0.3, -0.25) is 9.59 Å². The van der Waals surface area contributed by atoms with Crippen molar-refractivity contribution < 1.29 is 50.9 Å². The number of nitriles is 1. The molecule has 6 heterocycles. The number of hydrogen-bond donors (Lipinski definition) is 4. The van der Waals surface area contributed by atoms with E-state index in [0.29, 0.717) is 55.2 Å². The average Bonchev–Trinajstić information content (AvgIpc) is 3.08. The molecule has 11 rings (SSSR count). The van der Waals surface area contributed by atoms with Crippen LogP contribution in [-0.2, 0) is 27.1 Å². The SMILES string of the molecule is COCCOc1nc(N2CC3CC2CN3)c2cc(C(F)(F)F)c(-c3ccc(F)c4sc(N)c(C#N)c34)c(OCc3ccc(-c4cn(C(C)C(C)C)nn4)cc3)c2n1.O=CN1CCCC1C(=O)NC(CO)c1ccc(-c2ccccc2F)cc1. The largest absolute Gasteiger partial charge is 0.486 e. The Labute approximate surface area is 478 Å². The van der Waals surface area contributed by atoms with Gasteiger partial charge in [-0.05, 0) is 72.6 Å². The zero-order valence-electron chi connectivity index (χ0n) is 45.8. The normalized spacial score (nSPS) is 17.4. The molecule has 0 aliphatic carbocycles. The first-order valence-corrected chi connectivity index (χ1v) is 27.9. The van der Waals surface area contributed by atoms with Crippen LogP contribution in [0, 0.1) is 28.9 Å². The van der Waals surface area contributed by atoms with Crippen molar-refractivity contribution in [3.05, 3.63) is 131 Å². The van der Waals surface area contributed by atoms with Crippen LogP contribution in [0.25, 0.3) is 54.5 Å². The number of nitrogens with zero attached hydrogens (tertiary/aromatic N) is 8. The number of nitrogens with two attached hydrogens (primary N) is 1. The summed E-state index contributed by atoms with van der Waals surface area (Å²) in [7, 11) is 1.51. The molecule has 0 spiro atoms. The Balaban J connectivity index is 0.000000247. The van der Waals surface area contributed by atoms with Crippen molar-refractivity contribution in [1.29, 1.82) is 5.26 Å². The number of nitrogens with one attached hydrogen (secondary N) is 2. The lowest BCUT2D eigenvalue weighted by Crippen LogP contribution is -2.44. The van der Waals surface area contributed by atoms with Crippen LogP contribution in [0.2, 0.25) is 0 Å². The number of nitrogen functional groups attached to an aromatic ring is 1. The number of aromatic nitrogens is 5. The van der Waals surface area contributed by atoms with E-state index in [1.165, 1.54) is 24.1 Å². The van der Waals surface area contributed by atoms with Gasteiger partial charge < -0.3 is 45.5 Å². The fraction of sp³-hybridized carbons (Fsp3) is 0.350. The fourth-order valence-corrected chi connectivity index (χ4v) is 11.7. The summed E-state index contributed by atoms with van der Waals surface area (Å²) < 4.78 is 95.3. The molecule has 0 radical (unpaired) electrons. The summed E-state index contributed by atoms with van der Waals surface area (Å²) in [5, 5.41) is 34.7. The number of alkyl halides is 3. The summed E-state index contributed by atoms with van der Waals surface area (Å²) in [5.41, 5.74) is 8.54. The average molecular weight is 1160 g/mol. The number of ether oxygens (including phenoxy) is 3. The summed E-state index contributed by atoms with van der Waals surface area (Å²) >= 11 is 0.792. The first kappa shape index (κ1) is 57.9. The number of hydrogen-bond acceptors (Lipinski definition) is 15. The minimum atomic E-state index is -4.95. The maximum atomic E-state index is 15.6. The molecule has 2 amide bonds. The fourth-order valence-electron chi connectivity index (χ4n) is 10.8. The van der Waals surface area contributed by atoms with Gasteiger partial charge in [-0.15, -0.1) is 16.4 Å². The highest BCUT2D eigenvalue weighted by Gasteiger charge is 2.42. The Morgan fingerprint density at radius 3 is 2.41 bits per heavy atom. The summed E-state index contributed by atoms with van der Waals surface area (Å²) in [5.74, 6) is -0.914. The molecule has 5 atom stereocenters. The van der Waals surface area contributed by atoms with Crippen LogP contribution in [0.5, 0.6) is 11.8 Å². The van der Waals surface area contributed by atoms with E-state index in [0.717, 1.165) is 53.0 Å². The van der Waals surface area contributed by atoms with Crippen LogP contribution in [0.1, 0.15) is 74.4 Å². The topological polar surface area (TPSA) is 219 Å². The third-order valence-corrected chi connectivity index (χ3v) is 16.5. The van der Waals surface area contributed by atoms with Crippen molar-refractivity contribution in [2.75, 3.05) is 57.2 Å². The van der Waals surface area contributed by atoms with Crippen molar-refractivity contribution in [2.24, 2.45) is 5.92 Å². The summed E-state index contributed by atoms with van der Waals surface area (Å²) in [6.07, 6.45) is -0.175. The first-order valence-electron chi connectivity index (χ1n) is 27.1. The molecule has 3 fully saturated rings. The number of amides is 2. The Bertz CT molecular complexity index is 3710. The maximum Gasteiger partial charge on any atom is 0.417 e. The second kappa shape index (κ2) is 24.7. The van der Waals surface area contributed by atoms with E-state index in [1.807, 2.05) is 34.0 Å². The molecule has 83 heavy (non-hydrogen) atoms. The van der Waals surface area contributed by atoms with E-state index in [9.17, 15) is 24.3 Å². The molecular formula is C60H60F5N11O6S. The predicted molar refractivity (Wildman–Crippen MR) is 304 cm³/mol. The van der Waals surface area contributed by atoms with Gasteiger partial charge in [0.2, 0.25) is 12.3 Å². The summed E-state index contributed by atoms with van der Waals surface area (Å²) in [6, 6.07) is 25.2. The van der Waals surface area contributed by atoms with Gasteiger partial charge in [0.1, 0.15) is 59.0 Å². The minimum Gasteiger partial charge on any atom is -0.486 e. The van der Waals surface area contributed by atoms with Crippen LogP contribution in [0.3, 0.4) is 0 Å². The zero-order valence-corrected chi connectivity index (χ0v) is 46.6. The van der Waals surface area contributed by atoms with Gasteiger partial charge in [0, 0.05) is 66.3 Å². The number of aliphatic hydroxyl groups excluding tert-OH is 1. The highest BCUT2D eigenvalue weighted by atomic mass is 32.1. The van der Waals surface area contributed by atoms with Crippen LogP contribution in [0.15, 0.2) is 97.2 Å². The van der Waals surface area contributed by atoms with E-state index >= 15 is 17.6 Å². The van der Waals surface area contributed by atoms with Gasteiger partial charge in [-0.1, -0.05) is 91.9 Å². The minimum absolute atomic E-state index is 0.0179. The number of fused-ring (bicyclic) bond motifs is 4. The first-order chi connectivity index (χ1) is 40.0. The molecule has 8 aromatic rings. The lowest BCUT2D eigenvalue weighted by Gasteiger charge is -2.30. The van der Waals surface area contributed by atoms with Crippen LogP contribution >= 0.6 is 11.3 Å². The zero-order chi connectivity index (χ0) is 58.7. The molecule has 5 aromatic carbocycles. The van der Waals surface area contributed by atoms with Gasteiger partial charge in [0.05, 0.1) is 47.3 Å². The number of methoxy groups -OCH3 is 1.